The minimum Gasteiger partial charge on any atom is -0.322 e. The monoisotopic (exact) mass is 388 g/mol. The Morgan fingerprint density at radius 3 is 2.30 bits per heavy atom. The van der Waals surface area contributed by atoms with Crippen molar-refractivity contribution in [2.24, 2.45) is 0 Å². The number of amides is 1. The SMILES string of the molecule is Cc1cc(C)cc(NS(=O)(=O)c2[nH]ncc2C(=O)Nc2ccc(F)cc2)c1. The Balaban J connectivity index is 1.86. The molecule has 0 saturated heterocycles. The number of hydrogen-bond donors (Lipinski definition) is 3. The number of nitrogens with one attached hydrogen (secondary N) is 3. The molecule has 0 spiro atoms. The summed E-state index contributed by atoms with van der Waals surface area (Å²) in [7, 11) is -4.07. The number of benzene rings is 2. The Bertz CT molecular complexity index is 1070. The summed E-state index contributed by atoms with van der Waals surface area (Å²) in [6.45, 7) is 3.70. The lowest BCUT2D eigenvalue weighted by Gasteiger charge is -2.10. The van der Waals surface area contributed by atoms with Crippen LogP contribution in [0, 0.1) is 19.7 Å². The summed E-state index contributed by atoms with van der Waals surface area (Å²) in [5.74, 6) is -1.13. The molecule has 0 fully saturated rings. The highest BCUT2D eigenvalue weighted by Gasteiger charge is 2.25. The van der Waals surface area contributed by atoms with E-state index in [1.54, 1.807) is 12.1 Å². The van der Waals surface area contributed by atoms with Crippen molar-refractivity contribution in [3.05, 3.63) is 71.2 Å². The van der Waals surface area contributed by atoms with Crippen LogP contribution in [0.5, 0.6) is 0 Å². The van der Waals surface area contributed by atoms with E-state index in [2.05, 4.69) is 20.2 Å². The number of aryl methyl sites for hydroxylation is 2. The Hall–Kier alpha value is -3.20. The Morgan fingerprint density at radius 1 is 1.04 bits per heavy atom. The zero-order valence-corrected chi connectivity index (χ0v) is 15.4. The third-order valence-electron chi connectivity index (χ3n) is 3.69. The molecule has 9 heteroatoms. The van der Waals surface area contributed by atoms with Crippen LogP contribution in [0.3, 0.4) is 0 Å². The molecular formula is C18H17FN4O3S. The largest absolute Gasteiger partial charge is 0.322 e. The number of nitrogens with zero attached hydrogens (tertiary/aromatic N) is 1. The maximum Gasteiger partial charge on any atom is 0.279 e. The third kappa shape index (κ3) is 4.32. The van der Waals surface area contributed by atoms with Crippen LogP contribution in [-0.2, 0) is 10.0 Å². The van der Waals surface area contributed by atoms with Crippen molar-refractivity contribution in [2.75, 3.05) is 10.0 Å². The molecule has 0 saturated carbocycles. The standard InChI is InChI=1S/C18H17FN4O3S/c1-11-7-12(2)9-15(8-11)23-27(25,26)18-16(10-20-22-18)17(24)21-14-5-3-13(19)4-6-14/h3-10,23H,1-2H3,(H,20,22)(H,21,24). The number of aromatic amines is 1. The highest BCUT2D eigenvalue weighted by Crippen LogP contribution is 2.21. The molecule has 27 heavy (non-hydrogen) atoms. The Kier molecular flexibility index (Phi) is 4.95. The molecule has 3 aromatic rings. The lowest BCUT2D eigenvalue weighted by molar-refractivity contribution is 0.102. The minimum atomic E-state index is -4.07. The van der Waals surface area contributed by atoms with Gasteiger partial charge in [-0.15, -0.1) is 0 Å². The van der Waals surface area contributed by atoms with Gasteiger partial charge >= 0.3 is 0 Å². The second-order valence-electron chi connectivity index (χ2n) is 6.06. The first-order chi connectivity index (χ1) is 12.7. The van der Waals surface area contributed by atoms with Crippen LogP contribution in [0.25, 0.3) is 0 Å². The van der Waals surface area contributed by atoms with Gasteiger partial charge in [0.05, 0.1) is 11.8 Å². The van der Waals surface area contributed by atoms with Crippen LogP contribution < -0.4 is 10.0 Å². The van der Waals surface area contributed by atoms with E-state index in [9.17, 15) is 17.6 Å². The summed E-state index contributed by atoms with van der Waals surface area (Å²) in [5, 5.41) is 8.18. The quantitative estimate of drug-likeness (QED) is 0.624. The van der Waals surface area contributed by atoms with Gasteiger partial charge in [-0.3, -0.25) is 14.6 Å². The normalized spacial score (nSPS) is 11.2. The first-order valence-electron chi connectivity index (χ1n) is 7.96. The maximum absolute atomic E-state index is 13.0. The fourth-order valence-electron chi connectivity index (χ4n) is 2.61. The first-order valence-corrected chi connectivity index (χ1v) is 9.44. The topological polar surface area (TPSA) is 104 Å². The number of H-pyrrole nitrogens is 1. The zero-order chi connectivity index (χ0) is 19.6. The average molecular weight is 388 g/mol. The van der Waals surface area contributed by atoms with E-state index < -0.39 is 21.7 Å². The van der Waals surface area contributed by atoms with E-state index >= 15 is 0 Å². The van der Waals surface area contributed by atoms with E-state index in [4.69, 9.17) is 0 Å². The summed E-state index contributed by atoms with van der Waals surface area (Å²) in [6.07, 6.45) is 1.12. The second kappa shape index (κ2) is 7.20. The molecule has 7 nitrogen and oxygen atoms in total. The van der Waals surface area contributed by atoms with E-state index in [1.165, 1.54) is 24.3 Å². The average Bonchev–Trinajstić information content (AvgIpc) is 3.06. The van der Waals surface area contributed by atoms with Gasteiger partial charge < -0.3 is 5.32 Å². The van der Waals surface area contributed by atoms with Gasteiger partial charge in [0.1, 0.15) is 5.82 Å². The Morgan fingerprint density at radius 2 is 1.67 bits per heavy atom. The zero-order valence-electron chi connectivity index (χ0n) is 14.6. The summed E-state index contributed by atoms with van der Waals surface area (Å²) >= 11 is 0. The molecule has 1 heterocycles. The smallest absolute Gasteiger partial charge is 0.279 e. The van der Waals surface area contributed by atoms with E-state index in [1.807, 2.05) is 19.9 Å². The molecule has 0 radical (unpaired) electrons. The number of halogens is 1. The van der Waals surface area contributed by atoms with Crippen molar-refractivity contribution in [2.45, 2.75) is 18.9 Å². The van der Waals surface area contributed by atoms with Crippen molar-refractivity contribution in [1.29, 1.82) is 0 Å². The molecule has 0 aliphatic carbocycles. The maximum atomic E-state index is 13.0. The molecule has 140 valence electrons. The number of hydrogen-bond acceptors (Lipinski definition) is 4. The molecule has 0 aliphatic heterocycles. The van der Waals surface area contributed by atoms with Crippen molar-refractivity contribution in [3.63, 3.8) is 0 Å². The van der Waals surface area contributed by atoms with Crippen LogP contribution in [0.4, 0.5) is 15.8 Å². The fraction of sp³-hybridized carbons (Fsp3) is 0.111. The van der Waals surface area contributed by atoms with Gasteiger partial charge in [0.25, 0.3) is 15.9 Å². The lowest BCUT2D eigenvalue weighted by Crippen LogP contribution is -2.20. The van der Waals surface area contributed by atoms with Crippen molar-refractivity contribution < 1.29 is 17.6 Å². The van der Waals surface area contributed by atoms with E-state index in [0.29, 0.717) is 11.4 Å². The predicted molar refractivity (Wildman–Crippen MR) is 99.7 cm³/mol. The van der Waals surface area contributed by atoms with Gasteiger partial charge in [0.15, 0.2) is 5.03 Å². The molecule has 3 N–H and O–H groups in total. The highest BCUT2D eigenvalue weighted by molar-refractivity contribution is 7.92. The van der Waals surface area contributed by atoms with Gasteiger partial charge in [-0.1, -0.05) is 6.07 Å². The number of aromatic nitrogens is 2. The second-order valence-corrected chi connectivity index (χ2v) is 7.67. The number of carbonyl (C=O) groups excluding carboxylic acids is 1. The lowest BCUT2D eigenvalue weighted by atomic mass is 10.1. The van der Waals surface area contributed by atoms with Crippen LogP contribution in [0.15, 0.2) is 53.7 Å². The molecule has 0 atom stereocenters. The highest BCUT2D eigenvalue weighted by atomic mass is 32.2. The van der Waals surface area contributed by atoms with E-state index in [-0.39, 0.29) is 10.6 Å². The summed E-state index contributed by atoms with van der Waals surface area (Å²) in [5.41, 5.74) is 2.34. The molecule has 0 aliphatic rings. The molecule has 2 aromatic carbocycles. The van der Waals surface area contributed by atoms with Gasteiger partial charge in [-0.2, -0.15) is 13.5 Å². The first kappa shape index (κ1) is 18.6. The van der Waals surface area contributed by atoms with Crippen LogP contribution in [0.2, 0.25) is 0 Å². The summed E-state index contributed by atoms with van der Waals surface area (Å²) in [4.78, 5) is 12.4. The fourth-order valence-corrected chi connectivity index (χ4v) is 3.75. The van der Waals surface area contributed by atoms with Crippen molar-refractivity contribution in [3.8, 4) is 0 Å². The third-order valence-corrected chi connectivity index (χ3v) is 5.05. The van der Waals surface area contributed by atoms with Gasteiger partial charge in [0, 0.05) is 11.4 Å². The molecule has 0 unspecified atom stereocenters. The summed E-state index contributed by atoms with van der Waals surface area (Å²) in [6, 6.07) is 10.4. The number of sulfonamides is 1. The van der Waals surface area contributed by atoms with Crippen LogP contribution >= 0.6 is 0 Å². The van der Waals surface area contributed by atoms with Gasteiger partial charge in [-0.05, 0) is 61.4 Å². The predicted octanol–water partition coefficient (Wildman–Crippen LogP) is 3.22. The number of carbonyl (C=O) groups is 1. The van der Waals surface area contributed by atoms with E-state index in [0.717, 1.165) is 17.3 Å². The molecular weight excluding hydrogens is 371 g/mol. The van der Waals surface area contributed by atoms with Crippen molar-refractivity contribution >= 4 is 27.3 Å². The van der Waals surface area contributed by atoms with Gasteiger partial charge in [-0.25, -0.2) is 4.39 Å². The number of rotatable bonds is 5. The Labute approximate surface area is 155 Å². The van der Waals surface area contributed by atoms with Gasteiger partial charge in [0.2, 0.25) is 0 Å². The minimum absolute atomic E-state index is 0.156. The van der Waals surface area contributed by atoms with Crippen molar-refractivity contribution in [1.82, 2.24) is 10.2 Å². The van der Waals surface area contributed by atoms with Crippen LogP contribution in [-0.4, -0.2) is 24.5 Å². The summed E-state index contributed by atoms with van der Waals surface area (Å²) < 4.78 is 40.8. The molecule has 1 aromatic heterocycles. The van der Waals surface area contributed by atoms with Crippen LogP contribution in [0.1, 0.15) is 21.5 Å². The molecule has 0 bridgehead atoms. The number of anilines is 2. The molecule has 3 rings (SSSR count). The molecule has 1 amide bonds.